The summed E-state index contributed by atoms with van der Waals surface area (Å²) in [6.45, 7) is 0.941. The van der Waals surface area contributed by atoms with Gasteiger partial charge in [-0.15, -0.1) is 0 Å². The highest BCUT2D eigenvalue weighted by Gasteiger charge is 2.11. The minimum absolute atomic E-state index is 0.105. The van der Waals surface area contributed by atoms with E-state index in [4.69, 9.17) is 5.73 Å². The minimum Gasteiger partial charge on any atom is -0.353 e. The topological polar surface area (TPSA) is 63.8 Å². The summed E-state index contributed by atoms with van der Waals surface area (Å²) in [5.41, 5.74) is 5.77. The van der Waals surface area contributed by atoms with E-state index < -0.39 is 11.6 Å². The second-order valence-electron chi connectivity index (χ2n) is 3.58. The zero-order valence-corrected chi connectivity index (χ0v) is 9.53. The SMILES string of the molecule is NCCNc1nccc(-c2cccc(F)c2F)n1. The Morgan fingerprint density at radius 1 is 1.22 bits per heavy atom. The summed E-state index contributed by atoms with van der Waals surface area (Å²) in [5.74, 6) is -1.48. The van der Waals surface area contributed by atoms with Crippen molar-refractivity contribution in [2.24, 2.45) is 5.73 Å². The Morgan fingerprint density at radius 3 is 2.83 bits per heavy atom. The maximum atomic E-state index is 13.6. The van der Waals surface area contributed by atoms with Crippen LogP contribution in [-0.4, -0.2) is 23.1 Å². The Labute approximate surface area is 103 Å². The van der Waals surface area contributed by atoms with Crippen LogP contribution in [0.2, 0.25) is 0 Å². The molecule has 0 aliphatic rings. The lowest BCUT2D eigenvalue weighted by atomic mass is 10.1. The summed E-state index contributed by atoms with van der Waals surface area (Å²) in [7, 11) is 0. The smallest absolute Gasteiger partial charge is 0.223 e. The van der Waals surface area contributed by atoms with E-state index in [9.17, 15) is 8.78 Å². The predicted octanol–water partition coefficient (Wildman–Crippen LogP) is 1.79. The molecule has 0 saturated heterocycles. The Balaban J connectivity index is 2.35. The fourth-order valence-electron chi connectivity index (χ4n) is 1.48. The largest absolute Gasteiger partial charge is 0.353 e. The summed E-state index contributed by atoms with van der Waals surface area (Å²) in [5, 5.41) is 2.88. The molecule has 2 aromatic rings. The molecule has 3 N–H and O–H groups in total. The molecule has 2 rings (SSSR count). The van der Waals surface area contributed by atoms with Gasteiger partial charge in [-0.2, -0.15) is 0 Å². The summed E-state index contributed by atoms with van der Waals surface area (Å²) in [6.07, 6.45) is 1.48. The average molecular weight is 250 g/mol. The molecule has 0 aliphatic carbocycles. The normalized spacial score (nSPS) is 10.4. The minimum atomic E-state index is -0.916. The molecular formula is C12H12F2N4. The molecular weight excluding hydrogens is 238 g/mol. The summed E-state index contributed by atoms with van der Waals surface area (Å²) >= 11 is 0. The standard InChI is InChI=1S/C12H12F2N4/c13-9-3-1-2-8(11(9)14)10-4-6-16-12(18-10)17-7-5-15/h1-4,6H,5,7,15H2,(H,16,17,18). The van der Waals surface area contributed by atoms with Gasteiger partial charge in [-0.1, -0.05) is 6.07 Å². The Bertz CT molecular complexity index is 545. The molecule has 0 fully saturated rings. The lowest BCUT2D eigenvalue weighted by Gasteiger charge is -2.06. The Hall–Kier alpha value is -2.08. The van der Waals surface area contributed by atoms with Crippen LogP contribution in [0.4, 0.5) is 14.7 Å². The third-order valence-electron chi connectivity index (χ3n) is 2.31. The van der Waals surface area contributed by atoms with E-state index in [-0.39, 0.29) is 5.56 Å². The van der Waals surface area contributed by atoms with Crippen molar-refractivity contribution >= 4 is 5.95 Å². The first-order valence-corrected chi connectivity index (χ1v) is 5.43. The molecule has 1 heterocycles. The van der Waals surface area contributed by atoms with Crippen LogP contribution in [0.15, 0.2) is 30.5 Å². The van der Waals surface area contributed by atoms with Crippen LogP contribution in [0.25, 0.3) is 11.3 Å². The lowest BCUT2D eigenvalue weighted by molar-refractivity contribution is 0.511. The third kappa shape index (κ3) is 2.60. The van der Waals surface area contributed by atoms with E-state index in [2.05, 4.69) is 15.3 Å². The first-order valence-electron chi connectivity index (χ1n) is 5.43. The average Bonchev–Trinajstić information content (AvgIpc) is 2.40. The molecule has 0 aliphatic heterocycles. The molecule has 6 heteroatoms. The van der Waals surface area contributed by atoms with E-state index in [1.165, 1.54) is 24.4 Å². The van der Waals surface area contributed by atoms with Crippen molar-refractivity contribution in [2.45, 2.75) is 0 Å². The van der Waals surface area contributed by atoms with Gasteiger partial charge in [-0.25, -0.2) is 18.7 Å². The van der Waals surface area contributed by atoms with Gasteiger partial charge in [0.15, 0.2) is 11.6 Å². The van der Waals surface area contributed by atoms with Crippen molar-refractivity contribution in [3.63, 3.8) is 0 Å². The predicted molar refractivity (Wildman–Crippen MR) is 64.9 cm³/mol. The molecule has 1 aromatic heterocycles. The van der Waals surface area contributed by atoms with Crippen molar-refractivity contribution in [3.05, 3.63) is 42.1 Å². The van der Waals surface area contributed by atoms with Crippen LogP contribution in [0.1, 0.15) is 0 Å². The number of hydrogen-bond acceptors (Lipinski definition) is 4. The maximum Gasteiger partial charge on any atom is 0.223 e. The maximum absolute atomic E-state index is 13.6. The quantitative estimate of drug-likeness (QED) is 0.868. The number of halogens is 2. The molecule has 0 amide bonds. The number of nitrogens with zero attached hydrogens (tertiary/aromatic N) is 2. The van der Waals surface area contributed by atoms with E-state index in [0.717, 1.165) is 6.07 Å². The van der Waals surface area contributed by atoms with Crippen LogP contribution in [0, 0.1) is 11.6 Å². The molecule has 0 spiro atoms. The zero-order chi connectivity index (χ0) is 13.0. The molecule has 0 radical (unpaired) electrons. The van der Waals surface area contributed by atoms with Crippen molar-refractivity contribution in [1.82, 2.24) is 9.97 Å². The molecule has 4 nitrogen and oxygen atoms in total. The highest BCUT2D eigenvalue weighted by molar-refractivity contribution is 5.60. The highest BCUT2D eigenvalue weighted by Crippen LogP contribution is 2.22. The van der Waals surface area contributed by atoms with Crippen LogP contribution in [0.3, 0.4) is 0 Å². The molecule has 0 atom stereocenters. The van der Waals surface area contributed by atoms with E-state index in [1.807, 2.05) is 0 Å². The van der Waals surface area contributed by atoms with Gasteiger partial charge in [0.05, 0.1) is 5.69 Å². The Morgan fingerprint density at radius 2 is 2.06 bits per heavy atom. The molecule has 1 aromatic carbocycles. The van der Waals surface area contributed by atoms with E-state index in [1.54, 1.807) is 0 Å². The van der Waals surface area contributed by atoms with E-state index in [0.29, 0.717) is 24.7 Å². The highest BCUT2D eigenvalue weighted by atomic mass is 19.2. The van der Waals surface area contributed by atoms with Gasteiger partial charge in [-0.3, -0.25) is 0 Å². The van der Waals surface area contributed by atoms with E-state index >= 15 is 0 Å². The second-order valence-corrected chi connectivity index (χ2v) is 3.58. The van der Waals surface area contributed by atoms with Gasteiger partial charge in [0.1, 0.15) is 0 Å². The summed E-state index contributed by atoms with van der Waals surface area (Å²) in [6, 6.07) is 5.48. The fourth-order valence-corrected chi connectivity index (χ4v) is 1.48. The van der Waals surface area contributed by atoms with Crippen molar-refractivity contribution in [3.8, 4) is 11.3 Å². The van der Waals surface area contributed by atoms with Gasteiger partial charge in [-0.05, 0) is 18.2 Å². The van der Waals surface area contributed by atoms with Crippen LogP contribution >= 0.6 is 0 Å². The molecule has 0 saturated carbocycles. The monoisotopic (exact) mass is 250 g/mol. The first-order chi connectivity index (χ1) is 8.72. The fraction of sp³-hybridized carbons (Fsp3) is 0.167. The van der Waals surface area contributed by atoms with Gasteiger partial charge in [0.2, 0.25) is 5.95 Å². The van der Waals surface area contributed by atoms with Gasteiger partial charge in [0, 0.05) is 24.8 Å². The lowest BCUT2D eigenvalue weighted by Crippen LogP contribution is -2.14. The number of benzene rings is 1. The molecule has 18 heavy (non-hydrogen) atoms. The van der Waals surface area contributed by atoms with Crippen molar-refractivity contribution in [2.75, 3.05) is 18.4 Å². The van der Waals surface area contributed by atoms with Crippen LogP contribution in [-0.2, 0) is 0 Å². The van der Waals surface area contributed by atoms with Gasteiger partial charge < -0.3 is 11.1 Å². The second kappa shape index (κ2) is 5.50. The molecule has 94 valence electrons. The molecule has 0 bridgehead atoms. The number of anilines is 1. The molecule has 0 unspecified atom stereocenters. The van der Waals surface area contributed by atoms with Gasteiger partial charge in [0.25, 0.3) is 0 Å². The Kier molecular flexibility index (Phi) is 3.78. The number of hydrogen-bond donors (Lipinski definition) is 2. The summed E-state index contributed by atoms with van der Waals surface area (Å²) in [4.78, 5) is 8.06. The third-order valence-corrected chi connectivity index (χ3v) is 2.31. The van der Waals surface area contributed by atoms with Crippen molar-refractivity contribution < 1.29 is 8.78 Å². The number of rotatable bonds is 4. The number of aromatic nitrogens is 2. The number of nitrogens with two attached hydrogens (primary N) is 1. The summed E-state index contributed by atoms with van der Waals surface area (Å²) < 4.78 is 26.7. The number of nitrogens with one attached hydrogen (secondary N) is 1. The zero-order valence-electron chi connectivity index (χ0n) is 9.53. The first kappa shape index (κ1) is 12.4. The van der Waals surface area contributed by atoms with Crippen molar-refractivity contribution in [1.29, 1.82) is 0 Å². The van der Waals surface area contributed by atoms with Crippen LogP contribution in [0.5, 0.6) is 0 Å². The van der Waals surface area contributed by atoms with Gasteiger partial charge >= 0.3 is 0 Å². The van der Waals surface area contributed by atoms with Crippen LogP contribution < -0.4 is 11.1 Å².